The Labute approximate surface area is 158 Å². The minimum atomic E-state index is -4.78. The highest BCUT2D eigenvalue weighted by Crippen LogP contribution is 2.32. The second-order valence-corrected chi connectivity index (χ2v) is 6.58. The largest absolute Gasteiger partial charge is 0.427 e. The summed E-state index contributed by atoms with van der Waals surface area (Å²) in [5.74, 6) is -0.758. The molecule has 150 valence electrons. The van der Waals surface area contributed by atoms with Crippen molar-refractivity contribution in [2.45, 2.75) is 37.9 Å². The lowest BCUT2D eigenvalue weighted by atomic mass is 9.95. The molecule has 9 heteroatoms. The minimum Gasteiger partial charge on any atom is -0.427 e. The monoisotopic (exact) mass is 396 g/mol. The van der Waals surface area contributed by atoms with E-state index >= 15 is 0 Å². The molecular weight excluding hydrogens is 377 g/mol. The molecule has 2 aromatic rings. The number of ether oxygens (including phenoxy) is 1. The first-order valence-corrected chi connectivity index (χ1v) is 8.78. The lowest BCUT2D eigenvalue weighted by Gasteiger charge is -2.22. The van der Waals surface area contributed by atoms with Crippen LogP contribution >= 0.6 is 0 Å². The van der Waals surface area contributed by atoms with Gasteiger partial charge in [-0.3, -0.25) is 9.78 Å². The number of aryl methyl sites for hydroxylation is 1. The molecule has 0 spiro atoms. The van der Waals surface area contributed by atoms with E-state index in [1.54, 1.807) is 0 Å². The number of nitrogens with one attached hydrogen (secondary N) is 1. The number of rotatable bonds is 4. The third-order valence-corrected chi connectivity index (χ3v) is 4.60. The molecule has 0 saturated carbocycles. The zero-order valence-electron chi connectivity index (χ0n) is 15.1. The van der Waals surface area contributed by atoms with Gasteiger partial charge in [0.05, 0.1) is 5.69 Å². The first kappa shape index (κ1) is 20.1. The van der Waals surface area contributed by atoms with Gasteiger partial charge in [-0.05, 0) is 43.5 Å². The molecule has 28 heavy (non-hydrogen) atoms. The molecule has 0 aromatic carbocycles. The van der Waals surface area contributed by atoms with Crippen molar-refractivity contribution in [2.75, 3.05) is 13.2 Å². The Bertz CT molecular complexity index is 890. The van der Waals surface area contributed by atoms with Crippen LogP contribution in [-0.4, -0.2) is 30.3 Å². The Hall–Kier alpha value is -2.68. The Balaban J connectivity index is 1.88. The Kier molecular flexibility index (Phi) is 5.83. The number of nitrogens with zero attached hydrogens (tertiary/aromatic N) is 1. The summed E-state index contributed by atoms with van der Waals surface area (Å²) in [6, 6.07) is 3.20. The van der Waals surface area contributed by atoms with E-state index in [0.717, 1.165) is 6.07 Å². The summed E-state index contributed by atoms with van der Waals surface area (Å²) in [5.41, 5.74) is -1.51. The van der Waals surface area contributed by atoms with Crippen LogP contribution in [0.3, 0.4) is 0 Å². The number of hydrogen-bond donors (Lipinski definition) is 1. The van der Waals surface area contributed by atoms with Gasteiger partial charge in [0.1, 0.15) is 11.3 Å². The van der Waals surface area contributed by atoms with Crippen molar-refractivity contribution in [3.8, 4) is 0 Å². The van der Waals surface area contributed by atoms with Crippen LogP contribution < -0.4 is 10.9 Å². The Morgan fingerprint density at radius 3 is 2.57 bits per heavy atom. The highest BCUT2D eigenvalue weighted by molar-refractivity contribution is 5.95. The SMILES string of the molecule is Cc1cc(C2CCOCC2)oc(=O)c1C(=O)NC(c1ccccn1)C(F)(F)F. The molecule has 1 unspecified atom stereocenters. The topological polar surface area (TPSA) is 81.4 Å². The van der Waals surface area contributed by atoms with Gasteiger partial charge in [-0.15, -0.1) is 0 Å². The second-order valence-electron chi connectivity index (χ2n) is 6.58. The molecule has 1 saturated heterocycles. The van der Waals surface area contributed by atoms with Crippen LogP contribution in [-0.2, 0) is 4.74 Å². The number of alkyl halides is 3. The Morgan fingerprint density at radius 1 is 1.29 bits per heavy atom. The van der Waals surface area contributed by atoms with Crippen molar-refractivity contribution in [1.82, 2.24) is 10.3 Å². The first-order chi connectivity index (χ1) is 13.3. The first-order valence-electron chi connectivity index (χ1n) is 8.78. The van der Waals surface area contributed by atoms with Gasteiger partial charge in [0, 0.05) is 25.3 Å². The quantitative estimate of drug-likeness (QED) is 0.858. The van der Waals surface area contributed by atoms with Crippen LogP contribution in [0.5, 0.6) is 0 Å². The zero-order chi connectivity index (χ0) is 20.3. The lowest BCUT2D eigenvalue weighted by molar-refractivity contribution is -0.156. The molecule has 1 N–H and O–H groups in total. The van der Waals surface area contributed by atoms with Gasteiger partial charge in [-0.1, -0.05) is 6.07 Å². The second kappa shape index (κ2) is 8.14. The zero-order valence-corrected chi connectivity index (χ0v) is 15.1. The summed E-state index contributed by atoms with van der Waals surface area (Å²) in [6.07, 6.45) is -2.24. The van der Waals surface area contributed by atoms with Gasteiger partial charge in [-0.25, -0.2) is 4.79 Å². The van der Waals surface area contributed by atoms with Crippen LogP contribution in [0.1, 0.15) is 52.2 Å². The fourth-order valence-corrected chi connectivity index (χ4v) is 3.16. The van der Waals surface area contributed by atoms with Crippen LogP contribution in [0.2, 0.25) is 0 Å². The van der Waals surface area contributed by atoms with Gasteiger partial charge in [-0.2, -0.15) is 13.2 Å². The van der Waals surface area contributed by atoms with E-state index in [4.69, 9.17) is 9.15 Å². The molecule has 0 bridgehead atoms. The third kappa shape index (κ3) is 4.41. The standard InChI is InChI=1S/C19H19F3N2O4/c1-11-10-14(12-5-8-27-9-6-12)28-18(26)15(11)17(25)24-16(19(20,21)22)13-4-2-3-7-23-13/h2-4,7,10,12,16H,5-6,8-9H2,1H3,(H,24,25). The van der Waals surface area contributed by atoms with Crippen LogP contribution in [0.25, 0.3) is 0 Å². The van der Waals surface area contributed by atoms with Crippen molar-refractivity contribution in [3.63, 3.8) is 0 Å². The maximum atomic E-state index is 13.4. The highest BCUT2D eigenvalue weighted by Gasteiger charge is 2.43. The number of carbonyl (C=O) groups excluding carboxylic acids is 1. The number of aromatic nitrogens is 1. The number of pyridine rings is 1. The van der Waals surface area contributed by atoms with Gasteiger partial charge in [0.15, 0.2) is 6.04 Å². The highest BCUT2D eigenvalue weighted by atomic mass is 19.4. The number of carbonyl (C=O) groups is 1. The predicted octanol–water partition coefficient (Wildman–Crippen LogP) is 3.27. The number of halogens is 3. The maximum absolute atomic E-state index is 13.4. The molecule has 0 aliphatic carbocycles. The lowest BCUT2D eigenvalue weighted by Crippen LogP contribution is -2.40. The predicted molar refractivity (Wildman–Crippen MR) is 93.0 cm³/mol. The summed E-state index contributed by atoms with van der Waals surface area (Å²) < 4.78 is 50.8. The van der Waals surface area contributed by atoms with E-state index in [-0.39, 0.29) is 17.2 Å². The molecule has 0 radical (unpaired) electrons. The average Bonchev–Trinajstić information content (AvgIpc) is 2.66. The fourth-order valence-electron chi connectivity index (χ4n) is 3.16. The summed E-state index contributed by atoms with van der Waals surface area (Å²) in [7, 11) is 0. The number of hydrogen-bond acceptors (Lipinski definition) is 5. The molecule has 1 atom stereocenters. The summed E-state index contributed by atoms with van der Waals surface area (Å²) in [4.78, 5) is 28.5. The van der Waals surface area contributed by atoms with Crippen LogP contribution in [0.4, 0.5) is 13.2 Å². The van der Waals surface area contributed by atoms with Crippen molar-refractivity contribution in [2.24, 2.45) is 0 Å². The maximum Gasteiger partial charge on any atom is 0.414 e. The molecule has 1 aliphatic heterocycles. The van der Waals surface area contributed by atoms with E-state index in [1.165, 1.54) is 31.3 Å². The summed E-state index contributed by atoms with van der Waals surface area (Å²) >= 11 is 0. The molecule has 6 nitrogen and oxygen atoms in total. The molecule has 1 amide bonds. The van der Waals surface area contributed by atoms with E-state index in [1.807, 2.05) is 5.32 Å². The van der Waals surface area contributed by atoms with E-state index < -0.39 is 29.3 Å². The van der Waals surface area contributed by atoms with E-state index in [2.05, 4.69) is 4.98 Å². The van der Waals surface area contributed by atoms with E-state index in [9.17, 15) is 22.8 Å². The minimum absolute atomic E-state index is 0.0197. The molecule has 3 heterocycles. The fraction of sp³-hybridized carbons (Fsp3) is 0.421. The molecule has 3 rings (SSSR count). The molecule has 1 fully saturated rings. The summed E-state index contributed by atoms with van der Waals surface area (Å²) in [5, 5.41) is 1.86. The molecule has 1 aliphatic rings. The van der Waals surface area contributed by atoms with Crippen molar-refractivity contribution in [1.29, 1.82) is 0 Å². The molecule has 2 aromatic heterocycles. The van der Waals surface area contributed by atoms with Crippen molar-refractivity contribution < 1.29 is 27.1 Å². The van der Waals surface area contributed by atoms with Gasteiger partial charge < -0.3 is 14.5 Å². The normalized spacial score (nSPS) is 16.6. The van der Waals surface area contributed by atoms with Crippen LogP contribution in [0, 0.1) is 6.92 Å². The number of amides is 1. The van der Waals surface area contributed by atoms with Gasteiger partial charge in [0.2, 0.25) is 0 Å². The molecular formula is C19H19F3N2O4. The Morgan fingerprint density at radius 2 is 2.00 bits per heavy atom. The van der Waals surface area contributed by atoms with E-state index in [0.29, 0.717) is 31.8 Å². The van der Waals surface area contributed by atoms with Gasteiger partial charge in [0.25, 0.3) is 5.91 Å². The summed E-state index contributed by atoms with van der Waals surface area (Å²) in [6.45, 7) is 2.57. The average molecular weight is 396 g/mol. The van der Waals surface area contributed by atoms with Gasteiger partial charge >= 0.3 is 11.8 Å². The van der Waals surface area contributed by atoms with Crippen molar-refractivity contribution in [3.05, 3.63) is 63.5 Å². The van der Waals surface area contributed by atoms with Crippen LogP contribution in [0.15, 0.2) is 39.7 Å². The smallest absolute Gasteiger partial charge is 0.414 e. The third-order valence-electron chi connectivity index (χ3n) is 4.60. The van der Waals surface area contributed by atoms with Crippen molar-refractivity contribution >= 4 is 5.91 Å².